The van der Waals surface area contributed by atoms with Crippen LogP contribution in [0.4, 0.5) is 4.79 Å². The molecule has 0 saturated carbocycles. The predicted octanol–water partition coefficient (Wildman–Crippen LogP) is 1.16. The fourth-order valence-corrected chi connectivity index (χ4v) is 1.70. The van der Waals surface area contributed by atoms with Gasteiger partial charge in [-0.2, -0.15) is 0 Å². The topological polar surface area (TPSA) is 94.1 Å². The van der Waals surface area contributed by atoms with Crippen LogP contribution in [-0.4, -0.2) is 54.7 Å². The van der Waals surface area contributed by atoms with Gasteiger partial charge in [-0.15, -0.1) is 0 Å². The van der Waals surface area contributed by atoms with Gasteiger partial charge >= 0.3 is 12.1 Å². The fourth-order valence-electron chi connectivity index (χ4n) is 1.70. The summed E-state index contributed by atoms with van der Waals surface area (Å²) in [6, 6.07) is -1.13. The van der Waals surface area contributed by atoms with Crippen molar-refractivity contribution >= 4 is 12.1 Å². The summed E-state index contributed by atoms with van der Waals surface area (Å²) in [5.41, 5.74) is -0.675. The van der Waals surface area contributed by atoms with Crippen molar-refractivity contribution in [2.75, 3.05) is 19.8 Å². The first kappa shape index (κ1) is 16.7. The molecule has 0 spiro atoms. The van der Waals surface area contributed by atoms with Crippen molar-refractivity contribution in [1.82, 2.24) is 5.32 Å². The minimum atomic E-state index is -1.16. The van der Waals surface area contributed by atoms with E-state index in [2.05, 4.69) is 5.32 Å². The Labute approximate surface area is 118 Å². The Morgan fingerprint density at radius 2 is 2.15 bits per heavy atom. The standard InChI is InChI=1S/C13H23NO6/c1-13(2,3)20-12(17)14-10(11(15)16)8-19-9-5-4-6-18-7-9/h9-10H,4-8H2,1-3H3,(H,14,17)(H,15,16). The van der Waals surface area contributed by atoms with Gasteiger partial charge in [-0.25, -0.2) is 9.59 Å². The lowest BCUT2D eigenvalue weighted by molar-refractivity contribution is -0.143. The zero-order valence-corrected chi connectivity index (χ0v) is 12.2. The molecular weight excluding hydrogens is 266 g/mol. The van der Waals surface area contributed by atoms with Gasteiger partial charge in [0, 0.05) is 6.61 Å². The fraction of sp³-hybridized carbons (Fsp3) is 0.846. The molecule has 20 heavy (non-hydrogen) atoms. The highest BCUT2D eigenvalue weighted by atomic mass is 16.6. The molecule has 2 atom stereocenters. The molecule has 0 aromatic carbocycles. The third-order valence-corrected chi connectivity index (χ3v) is 2.61. The summed E-state index contributed by atoms with van der Waals surface area (Å²) in [6.07, 6.45) is 0.833. The van der Waals surface area contributed by atoms with Crippen LogP contribution < -0.4 is 5.32 Å². The van der Waals surface area contributed by atoms with Gasteiger partial charge in [0.25, 0.3) is 0 Å². The number of carbonyl (C=O) groups excluding carboxylic acids is 1. The summed E-state index contributed by atoms with van der Waals surface area (Å²) >= 11 is 0. The van der Waals surface area contributed by atoms with Gasteiger partial charge < -0.3 is 24.6 Å². The van der Waals surface area contributed by atoms with Crippen LogP contribution in [0, 0.1) is 0 Å². The smallest absolute Gasteiger partial charge is 0.408 e. The zero-order chi connectivity index (χ0) is 15.2. The Morgan fingerprint density at radius 3 is 2.65 bits per heavy atom. The predicted molar refractivity (Wildman–Crippen MR) is 70.6 cm³/mol. The van der Waals surface area contributed by atoms with Crippen LogP contribution in [-0.2, 0) is 19.0 Å². The maximum absolute atomic E-state index is 11.5. The molecule has 1 fully saturated rings. The molecule has 1 rings (SSSR count). The van der Waals surface area contributed by atoms with Crippen LogP contribution in [0.5, 0.6) is 0 Å². The Bertz CT molecular complexity index is 332. The van der Waals surface area contributed by atoms with E-state index in [4.69, 9.17) is 19.3 Å². The number of carbonyl (C=O) groups is 2. The molecule has 0 radical (unpaired) electrons. The van der Waals surface area contributed by atoms with E-state index in [-0.39, 0.29) is 12.7 Å². The van der Waals surface area contributed by atoms with Crippen LogP contribution in [0.2, 0.25) is 0 Å². The first-order chi connectivity index (χ1) is 9.28. The molecule has 2 unspecified atom stereocenters. The van der Waals surface area contributed by atoms with Gasteiger partial charge in [-0.05, 0) is 33.6 Å². The number of alkyl carbamates (subject to hydrolysis) is 1. The Kier molecular flexibility index (Phi) is 6.22. The van der Waals surface area contributed by atoms with Crippen molar-refractivity contribution in [3.8, 4) is 0 Å². The van der Waals surface area contributed by atoms with E-state index in [9.17, 15) is 9.59 Å². The maximum Gasteiger partial charge on any atom is 0.408 e. The molecule has 0 bridgehead atoms. The highest BCUT2D eigenvalue weighted by molar-refractivity contribution is 5.80. The molecule has 1 aliphatic heterocycles. The van der Waals surface area contributed by atoms with Crippen molar-refractivity contribution < 1.29 is 28.9 Å². The Hall–Kier alpha value is -1.34. The second-order valence-electron chi connectivity index (χ2n) is 5.71. The summed E-state index contributed by atoms with van der Waals surface area (Å²) in [5.74, 6) is -1.16. The molecule has 0 aromatic rings. The normalized spacial score (nSPS) is 21.1. The first-order valence-electron chi connectivity index (χ1n) is 6.69. The number of nitrogens with one attached hydrogen (secondary N) is 1. The molecule has 1 saturated heterocycles. The Morgan fingerprint density at radius 1 is 1.45 bits per heavy atom. The highest BCUT2D eigenvalue weighted by Gasteiger charge is 2.25. The average Bonchev–Trinajstić information content (AvgIpc) is 2.33. The first-order valence-corrected chi connectivity index (χ1v) is 6.69. The maximum atomic E-state index is 11.5. The van der Waals surface area contributed by atoms with Gasteiger partial charge in [0.2, 0.25) is 0 Å². The molecular formula is C13H23NO6. The minimum absolute atomic E-state index is 0.109. The van der Waals surface area contributed by atoms with Gasteiger partial charge in [0.1, 0.15) is 5.60 Å². The lowest BCUT2D eigenvalue weighted by Crippen LogP contribution is -2.47. The van der Waals surface area contributed by atoms with E-state index in [1.54, 1.807) is 20.8 Å². The quantitative estimate of drug-likeness (QED) is 0.788. The summed E-state index contributed by atoms with van der Waals surface area (Å²) in [7, 11) is 0. The van der Waals surface area contributed by atoms with Crippen molar-refractivity contribution in [3.05, 3.63) is 0 Å². The SMILES string of the molecule is CC(C)(C)OC(=O)NC(COC1CCCOC1)C(=O)O. The number of hydrogen-bond donors (Lipinski definition) is 2. The van der Waals surface area contributed by atoms with E-state index < -0.39 is 23.7 Å². The van der Waals surface area contributed by atoms with E-state index in [0.29, 0.717) is 13.2 Å². The summed E-state index contributed by atoms with van der Waals surface area (Å²) in [6.45, 7) is 6.18. The molecule has 7 heteroatoms. The molecule has 0 aliphatic carbocycles. The molecule has 7 nitrogen and oxygen atoms in total. The van der Waals surface area contributed by atoms with Crippen molar-refractivity contribution in [1.29, 1.82) is 0 Å². The number of carboxylic acids is 1. The van der Waals surface area contributed by atoms with Crippen molar-refractivity contribution in [2.24, 2.45) is 0 Å². The van der Waals surface area contributed by atoms with E-state index in [1.807, 2.05) is 0 Å². The van der Waals surface area contributed by atoms with Crippen LogP contribution in [0.25, 0.3) is 0 Å². The third-order valence-electron chi connectivity index (χ3n) is 2.61. The van der Waals surface area contributed by atoms with Crippen LogP contribution in [0.1, 0.15) is 33.6 Å². The second kappa shape index (κ2) is 7.44. The van der Waals surface area contributed by atoms with Crippen LogP contribution >= 0.6 is 0 Å². The number of ether oxygens (including phenoxy) is 3. The van der Waals surface area contributed by atoms with E-state index >= 15 is 0 Å². The Balaban J connectivity index is 2.39. The minimum Gasteiger partial charge on any atom is -0.480 e. The lowest BCUT2D eigenvalue weighted by atomic mass is 10.2. The highest BCUT2D eigenvalue weighted by Crippen LogP contribution is 2.11. The number of carboxylic acid groups (broad SMARTS) is 1. The summed E-state index contributed by atoms with van der Waals surface area (Å²) in [4.78, 5) is 22.6. The van der Waals surface area contributed by atoms with Crippen LogP contribution in [0.15, 0.2) is 0 Å². The number of hydrogen-bond acceptors (Lipinski definition) is 5. The van der Waals surface area contributed by atoms with Crippen molar-refractivity contribution in [3.63, 3.8) is 0 Å². The molecule has 1 heterocycles. The summed E-state index contributed by atoms with van der Waals surface area (Å²) in [5, 5.41) is 11.4. The number of amides is 1. The van der Waals surface area contributed by atoms with Gasteiger partial charge in [-0.1, -0.05) is 0 Å². The van der Waals surface area contributed by atoms with Gasteiger partial charge in [0.15, 0.2) is 6.04 Å². The molecule has 2 N–H and O–H groups in total. The lowest BCUT2D eigenvalue weighted by Gasteiger charge is -2.25. The zero-order valence-electron chi connectivity index (χ0n) is 12.2. The van der Waals surface area contributed by atoms with Crippen molar-refractivity contribution in [2.45, 2.75) is 51.4 Å². The monoisotopic (exact) mass is 289 g/mol. The molecule has 1 aliphatic rings. The van der Waals surface area contributed by atoms with Crippen LogP contribution in [0.3, 0.4) is 0 Å². The number of rotatable bonds is 5. The van der Waals surface area contributed by atoms with E-state index in [1.165, 1.54) is 0 Å². The van der Waals surface area contributed by atoms with Gasteiger partial charge in [0.05, 0.1) is 19.3 Å². The average molecular weight is 289 g/mol. The molecule has 0 aromatic heterocycles. The van der Waals surface area contributed by atoms with E-state index in [0.717, 1.165) is 12.8 Å². The number of aliphatic carboxylic acids is 1. The molecule has 116 valence electrons. The third kappa shape index (κ3) is 6.72. The summed E-state index contributed by atoms with van der Waals surface area (Å²) < 4.78 is 15.7. The second-order valence-corrected chi connectivity index (χ2v) is 5.71. The van der Waals surface area contributed by atoms with Gasteiger partial charge in [-0.3, -0.25) is 0 Å². The molecule has 1 amide bonds. The largest absolute Gasteiger partial charge is 0.480 e.